The lowest BCUT2D eigenvalue weighted by atomic mass is 9.96. The molecule has 122 valence electrons. The molecule has 3 rings (SSSR count). The monoisotopic (exact) mass is 318 g/mol. The first-order valence-electron chi connectivity index (χ1n) is 8.48. The molecular weight excluding hydrogens is 296 g/mol. The molecule has 0 radical (unpaired) electrons. The molecule has 0 atom stereocenters. The van der Waals surface area contributed by atoms with E-state index in [0.717, 1.165) is 47.0 Å². The van der Waals surface area contributed by atoms with E-state index < -0.39 is 0 Å². The van der Waals surface area contributed by atoms with Crippen LogP contribution in [0.15, 0.2) is 60.8 Å². The van der Waals surface area contributed by atoms with Gasteiger partial charge in [-0.2, -0.15) is 0 Å². The molecular formula is C21H22N2O. The number of carbonyl (C=O) groups excluding carboxylic acids is 1. The molecule has 0 aliphatic rings. The summed E-state index contributed by atoms with van der Waals surface area (Å²) in [4.78, 5) is 16.8. The molecule has 1 N–H and O–H groups in total. The van der Waals surface area contributed by atoms with Crippen LogP contribution in [-0.4, -0.2) is 17.4 Å². The minimum atomic E-state index is 0.0309. The van der Waals surface area contributed by atoms with Gasteiger partial charge in [-0.05, 0) is 17.4 Å². The first-order chi connectivity index (χ1) is 11.8. The van der Waals surface area contributed by atoms with Crippen LogP contribution in [0.1, 0.15) is 25.5 Å². The number of carbonyl (C=O) groups is 1. The Morgan fingerprint density at radius 1 is 1.04 bits per heavy atom. The molecule has 0 aliphatic heterocycles. The third-order valence-electron chi connectivity index (χ3n) is 4.12. The lowest BCUT2D eigenvalue weighted by Gasteiger charge is -2.13. The molecule has 24 heavy (non-hydrogen) atoms. The van der Waals surface area contributed by atoms with Crippen LogP contribution >= 0.6 is 0 Å². The van der Waals surface area contributed by atoms with Gasteiger partial charge in [0.05, 0.1) is 12.1 Å². The van der Waals surface area contributed by atoms with Crippen molar-refractivity contribution in [2.24, 2.45) is 0 Å². The van der Waals surface area contributed by atoms with Gasteiger partial charge in [-0.3, -0.25) is 9.78 Å². The van der Waals surface area contributed by atoms with E-state index >= 15 is 0 Å². The maximum absolute atomic E-state index is 12.3. The molecule has 0 fully saturated rings. The molecule has 3 aromatic rings. The summed E-state index contributed by atoms with van der Waals surface area (Å²) in [6.45, 7) is 2.84. The fraction of sp³-hybridized carbons (Fsp3) is 0.238. The van der Waals surface area contributed by atoms with Gasteiger partial charge in [0.1, 0.15) is 0 Å². The number of rotatable bonds is 6. The maximum atomic E-state index is 12.3. The summed E-state index contributed by atoms with van der Waals surface area (Å²) in [6.07, 6.45) is 4.24. The second-order valence-electron chi connectivity index (χ2n) is 5.91. The number of hydrogen-bond acceptors (Lipinski definition) is 2. The summed E-state index contributed by atoms with van der Waals surface area (Å²) < 4.78 is 0. The average Bonchev–Trinajstić information content (AvgIpc) is 2.62. The molecule has 1 heterocycles. The van der Waals surface area contributed by atoms with Crippen LogP contribution in [0.3, 0.4) is 0 Å². The molecule has 0 aliphatic carbocycles. The van der Waals surface area contributed by atoms with Crippen LogP contribution in [0.5, 0.6) is 0 Å². The number of benzene rings is 2. The summed E-state index contributed by atoms with van der Waals surface area (Å²) >= 11 is 0. The largest absolute Gasteiger partial charge is 0.356 e. The van der Waals surface area contributed by atoms with Crippen molar-refractivity contribution in [2.45, 2.75) is 26.2 Å². The highest BCUT2D eigenvalue weighted by Crippen LogP contribution is 2.31. The Hall–Kier alpha value is -2.68. The number of aromatic nitrogens is 1. The van der Waals surface area contributed by atoms with Gasteiger partial charge in [0.15, 0.2) is 0 Å². The fourth-order valence-electron chi connectivity index (χ4n) is 2.88. The SMILES string of the molecule is CCCCNC(=O)Cc1ncc2ccccc2c1-c1ccccc1. The second kappa shape index (κ2) is 7.73. The van der Waals surface area contributed by atoms with Gasteiger partial charge in [0.25, 0.3) is 0 Å². The Morgan fingerprint density at radius 2 is 1.79 bits per heavy atom. The topological polar surface area (TPSA) is 42.0 Å². The fourth-order valence-corrected chi connectivity index (χ4v) is 2.88. The Kier molecular flexibility index (Phi) is 5.22. The molecule has 1 amide bonds. The van der Waals surface area contributed by atoms with E-state index in [0.29, 0.717) is 6.42 Å². The van der Waals surface area contributed by atoms with Gasteiger partial charge in [0.2, 0.25) is 5.91 Å². The number of nitrogens with one attached hydrogen (secondary N) is 1. The molecule has 0 spiro atoms. The van der Waals surface area contributed by atoms with Gasteiger partial charge >= 0.3 is 0 Å². The van der Waals surface area contributed by atoms with Crippen molar-refractivity contribution in [3.63, 3.8) is 0 Å². The van der Waals surface area contributed by atoms with Gasteiger partial charge in [-0.15, -0.1) is 0 Å². The average molecular weight is 318 g/mol. The lowest BCUT2D eigenvalue weighted by molar-refractivity contribution is -0.120. The number of hydrogen-bond donors (Lipinski definition) is 1. The quantitative estimate of drug-likeness (QED) is 0.686. The molecule has 3 heteroatoms. The van der Waals surface area contributed by atoms with E-state index in [1.165, 1.54) is 0 Å². The highest BCUT2D eigenvalue weighted by atomic mass is 16.1. The molecule has 1 aromatic heterocycles. The van der Waals surface area contributed by atoms with E-state index in [1.807, 2.05) is 36.5 Å². The van der Waals surface area contributed by atoms with Crippen molar-refractivity contribution in [3.05, 3.63) is 66.5 Å². The first kappa shape index (κ1) is 16.2. The zero-order valence-corrected chi connectivity index (χ0v) is 14.0. The van der Waals surface area contributed by atoms with E-state index in [2.05, 4.69) is 41.5 Å². The van der Waals surface area contributed by atoms with Crippen molar-refractivity contribution in [2.75, 3.05) is 6.54 Å². The third-order valence-corrected chi connectivity index (χ3v) is 4.12. The van der Waals surface area contributed by atoms with Crippen molar-refractivity contribution >= 4 is 16.7 Å². The van der Waals surface area contributed by atoms with E-state index in [-0.39, 0.29) is 5.91 Å². The highest BCUT2D eigenvalue weighted by molar-refractivity contribution is 5.98. The first-order valence-corrected chi connectivity index (χ1v) is 8.48. The standard InChI is InChI=1S/C21H22N2O/c1-2-3-13-22-20(24)14-19-21(16-9-5-4-6-10-16)18-12-8-7-11-17(18)15-23-19/h4-12,15H,2-3,13-14H2,1H3,(H,22,24). The Morgan fingerprint density at radius 3 is 2.58 bits per heavy atom. The maximum Gasteiger partial charge on any atom is 0.226 e. The highest BCUT2D eigenvalue weighted by Gasteiger charge is 2.14. The summed E-state index contributed by atoms with van der Waals surface area (Å²) in [5, 5.41) is 5.20. The Balaban J connectivity index is 2.00. The van der Waals surface area contributed by atoms with Crippen LogP contribution < -0.4 is 5.32 Å². The van der Waals surface area contributed by atoms with Crippen molar-refractivity contribution in [1.82, 2.24) is 10.3 Å². The summed E-state index contributed by atoms with van der Waals surface area (Å²) in [5.41, 5.74) is 2.98. The third kappa shape index (κ3) is 3.62. The van der Waals surface area contributed by atoms with Crippen LogP contribution in [0.2, 0.25) is 0 Å². The minimum Gasteiger partial charge on any atom is -0.356 e. The zero-order valence-electron chi connectivity index (χ0n) is 14.0. The van der Waals surface area contributed by atoms with Crippen molar-refractivity contribution in [3.8, 4) is 11.1 Å². The van der Waals surface area contributed by atoms with Crippen LogP contribution in [0.4, 0.5) is 0 Å². The molecule has 0 bridgehead atoms. The van der Waals surface area contributed by atoms with E-state index in [4.69, 9.17) is 0 Å². The summed E-state index contributed by atoms with van der Waals surface area (Å²) in [7, 11) is 0. The van der Waals surface area contributed by atoms with Crippen LogP contribution in [0, 0.1) is 0 Å². The summed E-state index contributed by atoms with van der Waals surface area (Å²) in [5.74, 6) is 0.0309. The van der Waals surface area contributed by atoms with E-state index in [9.17, 15) is 4.79 Å². The molecule has 0 saturated carbocycles. The molecule has 0 unspecified atom stereocenters. The zero-order chi connectivity index (χ0) is 16.8. The number of pyridine rings is 1. The van der Waals surface area contributed by atoms with Gasteiger partial charge in [0, 0.05) is 23.7 Å². The minimum absolute atomic E-state index is 0.0309. The number of nitrogens with zero attached hydrogens (tertiary/aromatic N) is 1. The normalized spacial score (nSPS) is 10.7. The van der Waals surface area contributed by atoms with Crippen LogP contribution in [-0.2, 0) is 11.2 Å². The lowest BCUT2D eigenvalue weighted by Crippen LogP contribution is -2.26. The number of fused-ring (bicyclic) bond motifs is 1. The Bertz CT molecular complexity index is 828. The molecule has 2 aromatic carbocycles. The van der Waals surface area contributed by atoms with Gasteiger partial charge < -0.3 is 5.32 Å². The van der Waals surface area contributed by atoms with E-state index in [1.54, 1.807) is 0 Å². The number of amides is 1. The predicted octanol–water partition coefficient (Wildman–Crippen LogP) is 4.36. The van der Waals surface area contributed by atoms with Gasteiger partial charge in [-0.1, -0.05) is 67.9 Å². The molecule has 3 nitrogen and oxygen atoms in total. The molecule has 0 saturated heterocycles. The second-order valence-corrected chi connectivity index (χ2v) is 5.91. The van der Waals surface area contributed by atoms with Crippen molar-refractivity contribution in [1.29, 1.82) is 0 Å². The Labute approximate surface area is 142 Å². The van der Waals surface area contributed by atoms with Gasteiger partial charge in [-0.25, -0.2) is 0 Å². The number of unbranched alkanes of at least 4 members (excludes halogenated alkanes) is 1. The predicted molar refractivity (Wildman–Crippen MR) is 98.8 cm³/mol. The van der Waals surface area contributed by atoms with Crippen LogP contribution in [0.25, 0.3) is 21.9 Å². The van der Waals surface area contributed by atoms with Crippen molar-refractivity contribution < 1.29 is 4.79 Å². The summed E-state index contributed by atoms with van der Waals surface area (Å²) in [6, 6.07) is 18.4. The smallest absolute Gasteiger partial charge is 0.226 e.